The molecule has 10 atom stereocenters. The zero-order valence-corrected chi connectivity index (χ0v) is 21.7. The first-order valence-corrected chi connectivity index (χ1v) is 13.1. The molecular weight excluding hydrogens is 464 g/mol. The Hall–Kier alpha value is -2.03. The number of aliphatic hydroxyl groups is 3. The summed E-state index contributed by atoms with van der Waals surface area (Å²) >= 11 is 0. The number of esters is 1. The smallest absolute Gasteiger partial charge is 0.318 e. The van der Waals surface area contributed by atoms with Gasteiger partial charge in [-0.1, -0.05) is 38.8 Å². The Bertz CT molecular complexity index is 1060. The first-order chi connectivity index (χ1) is 16.9. The Kier molecular flexibility index (Phi) is 5.68. The molecule has 5 aliphatic rings. The van der Waals surface area contributed by atoms with Crippen molar-refractivity contribution < 1.29 is 39.2 Å². The molecule has 0 saturated heterocycles. The van der Waals surface area contributed by atoms with Gasteiger partial charge in [-0.15, -0.1) is 0 Å². The SMILES string of the molecule is COC1=CC(=O)[C@@H](OC(=O)[C@@]23C(C(C)C)=C[C@H]4C[C@]2(C=O)[C@@H]2CC[C@@H](C)[C@H]2C[C@]43CO)[C@](C)(O)[C@@H]1O. The summed E-state index contributed by atoms with van der Waals surface area (Å²) in [4.78, 5) is 40.8. The van der Waals surface area contributed by atoms with E-state index in [1.807, 2.05) is 13.8 Å². The summed E-state index contributed by atoms with van der Waals surface area (Å²) in [7, 11) is 1.28. The van der Waals surface area contributed by atoms with Crippen molar-refractivity contribution in [3.63, 3.8) is 0 Å². The molecule has 0 spiro atoms. The molecule has 5 aliphatic carbocycles. The van der Waals surface area contributed by atoms with Crippen LogP contribution in [-0.4, -0.2) is 64.9 Å². The van der Waals surface area contributed by atoms with E-state index in [4.69, 9.17) is 9.47 Å². The van der Waals surface area contributed by atoms with Gasteiger partial charge in [-0.25, -0.2) is 0 Å². The number of carbonyl (C=O) groups is 3. The molecule has 36 heavy (non-hydrogen) atoms. The highest BCUT2D eigenvalue weighted by Gasteiger charge is 2.84. The van der Waals surface area contributed by atoms with Crippen LogP contribution in [0.5, 0.6) is 0 Å². The first-order valence-electron chi connectivity index (χ1n) is 13.1. The molecule has 0 amide bonds. The molecule has 5 rings (SSSR count). The summed E-state index contributed by atoms with van der Waals surface area (Å²) in [5, 5.41) is 32.8. The summed E-state index contributed by atoms with van der Waals surface area (Å²) in [6, 6.07) is 0. The van der Waals surface area contributed by atoms with E-state index in [-0.39, 0.29) is 36.0 Å². The number of ether oxygens (including phenoxy) is 2. The van der Waals surface area contributed by atoms with E-state index in [0.29, 0.717) is 18.8 Å². The molecule has 8 nitrogen and oxygen atoms in total. The number of aldehydes is 1. The lowest BCUT2D eigenvalue weighted by Crippen LogP contribution is -2.66. The van der Waals surface area contributed by atoms with Gasteiger partial charge in [0.05, 0.1) is 19.1 Å². The van der Waals surface area contributed by atoms with Crippen molar-refractivity contribution >= 4 is 18.0 Å². The van der Waals surface area contributed by atoms with Gasteiger partial charge >= 0.3 is 5.97 Å². The highest BCUT2D eigenvalue weighted by Crippen LogP contribution is 2.82. The van der Waals surface area contributed by atoms with Gasteiger partial charge in [0.2, 0.25) is 5.78 Å². The molecule has 0 aliphatic heterocycles. The molecular formula is C28H38O8. The van der Waals surface area contributed by atoms with E-state index in [1.165, 1.54) is 14.0 Å². The summed E-state index contributed by atoms with van der Waals surface area (Å²) in [5.41, 5.74) is -4.77. The Morgan fingerprint density at radius 3 is 2.56 bits per heavy atom. The van der Waals surface area contributed by atoms with Crippen molar-refractivity contribution in [1.82, 2.24) is 0 Å². The van der Waals surface area contributed by atoms with Crippen LogP contribution in [0.25, 0.3) is 0 Å². The third-order valence-electron chi connectivity index (χ3n) is 10.7. The fourth-order valence-corrected chi connectivity index (χ4v) is 9.19. The van der Waals surface area contributed by atoms with Crippen LogP contribution in [0.2, 0.25) is 0 Å². The van der Waals surface area contributed by atoms with Gasteiger partial charge in [0.1, 0.15) is 29.2 Å². The summed E-state index contributed by atoms with van der Waals surface area (Å²) in [6.07, 6.45) is 3.62. The minimum absolute atomic E-state index is 0.0298. The fourth-order valence-electron chi connectivity index (χ4n) is 9.19. The van der Waals surface area contributed by atoms with Gasteiger partial charge < -0.3 is 29.6 Å². The van der Waals surface area contributed by atoms with Crippen molar-refractivity contribution in [2.45, 2.75) is 71.2 Å². The molecule has 0 aromatic rings. The van der Waals surface area contributed by atoms with E-state index in [2.05, 4.69) is 13.0 Å². The van der Waals surface area contributed by atoms with Gasteiger partial charge in [-0.05, 0) is 55.8 Å². The Morgan fingerprint density at radius 1 is 1.28 bits per heavy atom. The normalized spacial score (nSPS) is 49.0. The highest BCUT2D eigenvalue weighted by atomic mass is 16.6. The molecule has 0 heterocycles. The van der Waals surface area contributed by atoms with Crippen LogP contribution in [0.3, 0.4) is 0 Å². The average molecular weight is 503 g/mol. The molecule has 0 aromatic carbocycles. The summed E-state index contributed by atoms with van der Waals surface area (Å²) in [6.45, 7) is 7.07. The minimum Gasteiger partial charge on any atom is -0.498 e. The Labute approximate surface area is 211 Å². The molecule has 3 saturated carbocycles. The maximum absolute atomic E-state index is 14.6. The lowest BCUT2D eigenvalue weighted by molar-refractivity contribution is -0.211. The molecule has 198 valence electrons. The number of rotatable bonds is 6. The second-order valence-corrected chi connectivity index (χ2v) is 12.4. The number of ketones is 1. The van der Waals surface area contributed by atoms with Crippen LogP contribution in [-0.2, 0) is 23.9 Å². The lowest BCUT2D eigenvalue weighted by atomic mass is 9.43. The molecule has 3 N–H and O–H groups in total. The zero-order valence-electron chi connectivity index (χ0n) is 21.7. The van der Waals surface area contributed by atoms with Gasteiger partial charge in [-0.3, -0.25) is 9.59 Å². The standard InChI is InChI=1S/C28H38O8/c1-14(2)19-8-16-10-27(13-30)18-7-6-15(3)17(18)11-26(16,12-29)28(19,27)24(33)36-23-20(31)9-21(35-5)22(32)25(23,4)34/h8-9,13-18,22-23,29,32,34H,6-7,10-12H2,1-5H3/t15-,16+,17-,18-,22-,23-,25-,26+,27+,28-/m1/s1. The first kappa shape index (κ1) is 25.6. The summed E-state index contributed by atoms with van der Waals surface area (Å²) < 4.78 is 11.0. The van der Waals surface area contributed by atoms with Gasteiger partial charge in [0, 0.05) is 11.5 Å². The van der Waals surface area contributed by atoms with Gasteiger partial charge in [-0.2, -0.15) is 0 Å². The number of carbonyl (C=O) groups excluding carboxylic acids is 3. The van der Waals surface area contributed by atoms with E-state index in [1.54, 1.807) is 0 Å². The highest BCUT2D eigenvalue weighted by molar-refractivity contribution is 5.99. The van der Waals surface area contributed by atoms with E-state index < -0.39 is 45.8 Å². The Morgan fingerprint density at radius 2 is 1.97 bits per heavy atom. The second kappa shape index (κ2) is 7.98. The second-order valence-electron chi connectivity index (χ2n) is 12.4. The predicted molar refractivity (Wildman–Crippen MR) is 128 cm³/mol. The van der Waals surface area contributed by atoms with Crippen LogP contribution in [0, 0.1) is 45.8 Å². The number of methoxy groups -OCH3 is 1. The zero-order chi connectivity index (χ0) is 26.4. The van der Waals surface area contributed by atoms with E-state index in [9.17, 15) is 29.7 Å². The van der Waals surface area contributed by atoms with E-state index in [0.717, 1.165) is 30.8 Å². The van der Waals surface area contributed by atoms with Crippen molar-refractivity contribution in [3.8, 4) is 0 Å². The molecule has 0 radical (unpaired) electrons. The van der Waals surface area contributed by atoms with Crippen LogP contribution in [0.4, 0.5) is 0 Å². The van der Waals surface area contributed by atoms with Crippen molar-refractivity contribution in [1.29, 1.82) is 0 Å². The summed E-state index contributed by atoms with van der Waals surface area (Å²) in [5.74, 6) is -1.29. The van der Waals surface area contributed by atoms with E-state index >= 15 is 0 Å². The van der Waals surface area contributed by atoms with Crippen LogP contribution in [0.1, 0.15) is 53.4 Å². The van der Waals surface area contributed by atoms with Gasteiger partial charge in [0.15, 0.2) is 6.10 Å². The quantitative estimate of drug-likeness (QED) is 0.285. The van der Waals surface area contributed by atoms with Crippen molar-refractivity contribution in [3.05, 3.63) is 23.5 Å². The topological polar surface area (TPSA) is 130 Å². The molecule has 8 heteroatoms. The maximum Gasteiger partial charge on any atom is 0.318 e. The third-order valence-corrected chi connectivity index (χ3v) is 10.7. The molecule has 0 aromatic heterocycles. The number of aliphatic hydroxyl groups excluding tert-OH is 2. The lowest BCUT2D eigenvalue weighted by Gasteiger charge is -2.59. The number of allylic oxidation sites excluding steroid dienone is 1. The maximum atomic E-state index is 14.6. The fraction of sp³-hybridized carbons (Fsp3) is 0.750. The van der Waals surface area contributed by atoms with Gasteiger partial charge in [0.25, 0.3) is 0 Å². The molecule has 3 fully saturated rings. The molecule has 0 unspecified atom stereocenters. The Balaban J connectivity index is 1.67. The number of hydrogen-bond donors (Lipinski definition) is 3. The van der Waals surface area contributed by atoms with Crippen molar-refractivity contribution in [2.75, 3.05) is 13.7 Å². The predicted octanol–water partition coefficient (Wildman–Crippen LogP) is 1.96. The third kappa shape index (κ3) is 2.68. The minimum atomic E-state index is -2.14. The largest absolute Gasteiger partial charge is 0.498 e. The van der Waals surface area contributed by atoms with Crippen LogP contribution in [0.15, 0.2) is 23.5 Å². The average Bonchev–Trinajstić information content (AvgIpc) is 3.41. The molecule has 4 bridgehead atoms. The monoisotopic (exact) mass is 502 g/mol. The van der Waals surface area contributed by atoms with Crippen LogP contribution >= 0.6 is 0 Å². The number of hydrogen-bond acceptors (Lipinski definition) is 8. The van der Waals surface area contributed by atoms with Crippen LogP contribution < -0.4 is 0 Å². The number of fused-ring (bicyclic) bond motifs is 2. The van der Waals surface area contributed by atoms with Crippen molar-refractivity contribution in [2.24, 2.45) is 45.8 Å².